The number of carbonyl (C=O) groups excluding carboxylic acids is 1. The number of amidine groups is 1. The van der Waals surface area contributed by atoms with E-state index in [2.05, 4.69) is 21.5 Å². The average Bonchev–Trinajstić information content (AvgIpc) is 3.50. The third kappa shape index (κ3) is 5.99. The molecule has 10 heteroatoms. The van der Waals surface area contributed by atoms with Gasteiger partial charge >= 0.3 is 6.03 Å². The molecule has 41 heavy (non-hydrogen) atoms. The van der Waals surface area contributed by atoms with Crippen LogP contribution in [0.3, 0.4) is 0 Å². The molecule has 3 aromatic carbocycles. The van der Waals surface area contributed by atoms with Crippen LogP contribution in [0.1, 0.15) is 5.56 Å². The van der Waals surface area contributed by atoms with E-state index >= 15 is 0 Å². The summed E-state index contributed by atoms with van der Waals surface area (Å²) in [6.07, 6.45) is 7.20. The Balaban J connectivity index is 1.17. The minimum absolute atomic E-state index is 0.114. The molecule has 210 valence electrons. The SMILES string of the molecule is C#CCOc1cc(NC)c(C(=N)N2CCN(C(=O)Nc3ccc(Oc4cccc5[nH]ccc45)cc3)CC2)cc1OC. The summed E-state index contributed by atoms with van der Waals surface area (Å²) in [5.74, 6) is 5.22. The van der Waals surface area contributed by atoms with Crippen molar-refractivity contribution >= 4 is 34.1 Å². The number of hydrogen-bond acceptors (Lipinski definition) is 6. The quantitative estimate of drug-likeness (QED) is 0.136. The normalized spacial score (nSPS) is 12.9. The number of amides is 2. The molecule has 1 saturated heterocycles. The first-order chi connectivity index (χ1) is 20.0. The van der Waals surface area contributed by atoms with Crippen LogP contribution in [0.15, 0.2) is 66.9 Å². The molecule has 0 radical (unpaired) electrons. The Morgan fingerprint density at radius 3 is 2.49 bits per heavy atom. The van der Waals surface area contributed by atoms with Crippen LogP contribution in [0.2, 0.25) is 0 Å². The molecule has 0 unspecified atom stereocenters. The fraction of sp³-hybridized carbons (Fsp3) is 0.226. The van der Waals surface area contributed by atoms with Gasteiger partial charge in [-0.25, -0.2) is 4.79 Å². The first kappa shape index (κ1) is 27.3. The highest BCUT2D eigenvalue weighted by Gasteiger charge is 2.25. The van der Waals surface area contributed by atoms with Crippen molar-refractivity contribution in [2.75, 3.05) is 57.6 Å². The number of carbonyl (C=O) groups is 1. The van der Waals surface area contributed by atoms with E-state index in [1.54, 1.807) is 31.2 Å². The van der Waals surface area contributed by atoms with Crippen LogP contribution in [0.4, 0.5) is 16.2 Å². The number of aromatic amines is 1. The Hall–Kier alpha value is -5.30. The molecule has 0 bridgehead atoms. The zero-order chi connectivity index (χ0) is 28.8. The fourth-order valence-electron chi connectivity index (χ4n) is 4.74. The largest absolute Gasteiger partial charge is 0.493 e. The number of terminal acetylenes is 1. The molecule has 2 amide bonds. The number of rotatable bonds is 8. The summed E-state index contributed by atoms with van der Waals surface area (Å²) in [6.45, 7) is 2.11. The third-order valence-electron chi connectivity index (χ3n) is 6.91. The molecule has 4 aromatic rings. The van der Waals surface area contributed by atoms with Gasteiger partial charge in [-0.15, -0.1) is 6.42 Å². The lowest BCUT2D eigenvalue weighted by molar-refractivity contribution is 0.181. The lowest BCUT2D eigenvalue weighted by Crippen LogP contribution is -2.51. The molecule has 1 aromatic heterocycles. The lowest BCUT2D eigenvalue weighted by atomic mass is 10.1. The second kappa shape index (κ2) is 12.3. The number of benzene rings is 3. The first-order valence-corrected chi connectivity index (χ1v) is 13.2. The standard InChI is InChI=1S/C31H32N6O4/c1-4-18-40-29-20-26(33-2)24(19-28(29)39-3)30(32)36-14-16-37(17-15-36)31(38)35-21-8-10-22(11-9-21)41-27-7-5-6-25-23(27)12-13-34-25/h1,5-13,19-20,32-34H,14-18H2,2-3H3,(H,35,38). The van der Waals surface area contributed by atoms with Crippen LogP contribution in [0.5, 0.6) is 23.0 Å². The van der Waals surface area contributed by atoms with Crippen molar-refractivity contribution in [1.82, 2.24) is 14.8 Å². The second-order valence-electron chi connectivity index (χ2n) is 9.37. The highest BCUT2D eigenvalue weighted by atomic mass is 16.5. The second-order valence-corrected chi connectivity index (χ2v) is 9.37. The van der Waals surface area contributed by atoms with Gasteiger partial charge in [-0.2, -0.15) is 0 Å². The fourth-order valence-corrected chi connectivity index (χ4v) is 4.74. The van der Waals surface area contributed by atoms with Crippen molar-refractivity contribution in [3.05, 3.63) is 72.4 Å². The molecule has 1 aliphatic rings. The molecule has 1 fully saturated rings. The van der Waals surface area contributed by atoms with E-state index in [9.17, 15) is 4.79 Å². The summed E-state index contributed by atoms with van der Waals surface area (Å²) in [4.78, 5) is 19.8. The summed E-state index contributed by atoms with van der Waals surface area (Å²) in [5.41, 5.74) is 3.08. The van der Waals surface area contributed by atoms with Crippen LogP contribution in [-0.2, 0) is 0 Å². The summed E-state index contributed by atoms with van der Waals surface area (Å²) in [5, 5.41) is 15.9. The zero-order valence-corrected chi connectivity index (χ0v) is 23.0. The highest BCUT2D eigenvalue weighted by Crippen LogP contribution is 2.34. The Morgan fingerprint density at radius 1 is 1.02 bits per heavy atom. The topological polar surface area (TPSA) is 115 Å². The molecule has 0 atom stereocenters. The van der Waals surface area contributed by atoms with Gasteiger partial charge in [0.1, 0.15) is 23.9 Å². The summed E-state index contributed by atoms with van der Waals surface area (Å²) in [7, 11) is 3.33. The van der Waals surface area contributed by atoms with E-state index in [0.29, 0.717) is 60.5 Å². The Labute approximate surface area is 238 Å². The lowest BCUT2D eigenvalue weighted by Gasteiger charge is -2.36. The average molecular weight is 553 g/mol. The molecule has 4 N–H and O–H groups in total. The molecular formula is C31H32N6O4. The third-order valence-corrected chi connectivity index (χ3v) is 6.91. The molecule has 0 spiro atoms. The van der Waals surface area contributed by atoms with Crippen LogP contribution in [-0.4, -0.2) is 73.6 Å². The van der Waals surface area contributed by atoms with Gasteiger partial charge in [-0.1, -0.05) is 12.0 Å². The first-order valence-electron chi connectivity index (χ1n) is 13.2. The summed E-state index contributed by atoms with van der Waals surface area (Å²) >= 11 is 0. The van der Waals surface area contributed by atoms with Gasteiger partial charge in [0.25, 0.3) is 0 Å². The van der Waals surface area contributed by atoms with Crippen molar-refractivity contribution in [3.8, 4) is 35.3 Å². The number of urea groups is 1. The van der Waals surface area contributed by atoms with Crippen LogP contribution >= 0.6 is 0 Å². The number of H-pyrrole nitrogens is 1. The molecular weight excluding hydrogens is 520 g/mol. The van der Waals surface area contributed by atoms with Crippen LogP contribution in [0.25, 0.3) is 10.9 Å². The minimum atomic E-state index is -0.186. The summed E-state index contributed by atoms with van der Waals surface area (Å²) in [6, 6.07) is 18.5. The van der Waals surface area contributed by atoms with E-state index in [-0.39, 0.29) is 12.6 Å². The van der Waals surface area contributed by atoms with Crippen molar-refractivity contribution < 1.29 is 19.0 Å². The molecule has 1 aliphatic heterocycles. The number of aromatic nitrogens is 1. The predicted molar refractivity (Wildman–Crippen MR) is 161 cm³/mol. The van der Waals surface area contributed by atoms with Gasteiger partial charge in [0.15, 0.2) is 11.5 Å². The molecule has 10 nitrogen and oxygen atoms in total. The highest BCUT2D eigenvalue weighted by molar-refractivity contribution is 6.02. The molecule has 0 saturated carbocycles. The van der Waals surface area contributed by atoms with Gasteiger partial charge in [0.05, 0.1) is 7.11 Å². The van der Waals surface area contributed by atoms with Crippen LogP contribution < -0.4 is 24.8 Å². The number of methoxy groups -OCH3 is 1. The van der Waals surface area contributed by atoms with E-state index < -0.39 is 0 Å². The number of piperazine rings is 1. The predicted octanol–water partition coefficient (Wildman–Crippen LogP) is 5.20. The maximum Gasteiger partial charge on any atom is 0.321 e. The Kier molecular flexibility index (Phi) is 8.15. The number of hydrogen-bond donors (Lipinski definition) is 4. The Bertz CT molecular complexity index is 1580. The van der Waals surface area contributed by atoms with Crippen molar-refractivity contribution in [2.45, 2.75) is 0 Å². The molecule has 2 heterocycles. The van der Waals surface area contributed by atoms with Gasteiger partial charge < -0.3 is 39.6 Å². The van der Waals surface area contributed by atoms with Crippen molar-refractivity contribution in [2.24, 2.45) is 0 Å². The Morgan fingerprint density at radius 2 is 1.78 bits per heavy atom. The van der Waals surface area contributed by atoms with Gasteiger partial charge in [0.2, 0.25) is 0 Å². The number of nitrogens with zero attached hydrogens (tertiary/aromatic N) is 2. The maximum absolute atomic E-state index is 13.0. The van der Waals surface area contributed by atoms with Gasteiger partial charge in [0, 0.05) is 73.3 Å². The number of nitrogens with one attached hydrogen (secondary N) is 4. The van der Waals surface area contributed by atoms with E-state index in [1.165, 1.54) is 0 Å². The molecule has 0 aliphatic carbocycles. The smallest absolute Gasteiger partial charge is 0.321 e. The monoisotopic (exact) mass is 552 g/mol. The van der Waals surface area contributed by atoms with Crippen molar-refractivity contribution in [3.63, 3.8) is 0 Å². The van der Waals surface area contributed by atoms with E-state index in [4.69, 9.17) is 26.0 Å². The maximum atomic E-state index is 13.0. The minimum Gasteiger partial charge on any atom is -0.493 e. The number of fused-ring (bicyclic) bond motifs is 1. The number of ether oxygens (including phenoxy) is 3. The van der Waals surface area contributed by atoms with Gasteiger partial charge in [-0.05, 0) is 48.5 Å². The number of anilines is 2. The zero-order valence-electron chi connectivity index (χ0n) is 23.0. The summed E-state index contributed by atoms with van der Waals surface area (Å²) < 4.78 is 17.1. The van der Waals surface area contributed by atoms with Crippen LogP contribution in [0, 0.1) is 17.8 Å². The van der Waals surface area contributed by atoms with Gasteiger partial charge in [-0.3, -0.25) is 5.41 Å². The molecule has 5 rings (SSSR count). The van der Waals surface area contributed by atoms with E-state index in [0.717, 1.165) is 22.3 Å². The van der Waals surface area contributed by atoms with Crippen molar-refractivity contribution in [1.29, 1.82) is 5.41 Å². The van der Waals surface area contributed by atoms with E-state index in [1.807, 2.05) is 59.6 Å².